The highest BCUT2D eigenvalue weighted by atomic mass is 32.1. The molecule has 0 bridgehead atoms. The van der Waals surface area contributed by atoms with E-state index in [0.29, 0.717) is 0 Å². The number of benzene rings is 1. The first-order chi connectivity index (χ1) is 8.09. The number of hydrogen-bond donors (Lipinski definition) is 3. The van der Waals surface area contributed by atoms with Crippen LogP contribution >= 0.6 is 12.6 Å². The second kappa shape index (κ2) is 4.84. The lowest BCUT2D eigenvalue weighted by atomic mass is 10.0. The zero-order valence-electron chi connectivity index (χ0n) is 9.90. The van der Waals surface area contributed by atoms with Gasteiger partial charge in [0, 0.05) is 5.69 Å². The molecule has 2 N–H and O–H groups in total. The SMILES string of the molecule is CC(C)c1[nH]c(=O)[nH]c1C(S)c1ccccc1. The molecule has 1 unspecified atom stereocenters. The molecule has 90 valence electrons. The number of imidazole rings is 1. The van der Waals surface area contributed by atoms with Crippen LogP contribution in [0.1, 0.15) is 42.0 Å². The lowest BCUT2D eigenvalue weighted by Crippen LogP contribution is -2.02. The first-order valence-corrected chi connectivity index (χ1v) is 6.16. The van der Waals surface area contributed by atoms with Gasteiger partial charge in [-0.15, -0.1) is 0 Å². The molecule has 17 heavy (non-hydrogen) atoms. The van der Waals surface area contributed by atoms with Crippen molar-refractivity contribution in [3.05, 3.63) is 57.8 Å². The average molecular weight is 248 g/mol. The van der Waals surface area contributed by atoms with Crippen molar-refractivity contribution in [3.8, 4) is 0 Å². The Morgan fingerprint density at radius 3 is 2.24 bits per heavy atom. The van der Waals surface area contributed by atoms with Crippen LogP contribution in [0.4, 0.5) is 0 Å². The lowest BCUT2D eigenvalue weighted by Gasteiger charge is -2.13. The molecule has 0 aliphatic heterocycles. The zero-order valence-corrected chi connectivity index (χ0v) is 10.8. The molecule has 1 aromatic carbocycles. The third-order valence-corrected chi connectivity index (χ3v) is 3.31. The minimum absolute atomic E-state index is 0.104. The van der Waals surface area contributed by atoms with E-state index in [-0.39, 0.29) is 16.9 Å². The fourth-order valence-electron chi connectivity index (χ4n) is 1.88. The predicted octanol–water partition coefficient (Wildman–Crippen LogP) is 2.85. The maximum absolute atomic E-state index is 11.4. The fourth-order valence-corrected chi connectivity index (χ4v) is 2.26. The van der Waals surface area contributed by atoms with E-state index in [0.717, 1.165) is 17.0 Å². The van der Waals surface area contributed by atoms with Gasteiger partial charge < -0.3 is 9.97 Å². The summed E-state index contributed by atoms with van der Waals surface area (Å²) < 4.78 is 0. The summed E-state index contributed by atoms with van der Waals surface area (Å²) in [6.45, 7) is 4.10. The van der Waals surface area contributed by atoms with Gasteiger partial charge in [-0.05, 0) is 11.5 Å². The van der Waals surface area contributed by atoms with Crippen LogP contribution in [-0.2, 0) is 0 Å². The van der Waals surface area contributed by atoms with E-state index in [2.05, 4.69) is 22.6 Å². The topological polar surface area (TPSA) is 48.6 Å². The summed E-state index contributed by atoms with van der Waals surface area (Å²) in [5, 5.41) is -0.104. The van der Waals surface area contributed by atoms with Gasteiger partial charge in [0.05, 0.1) is 10.9 Å². The highest BCUT2D eigenvalue weighted by molar-refractivity contribution is 7.80. The minimum atomic E-state index is -0.168. The number of rotatable bonds is 3. The summed E-state index contributed by atoms with van der Waals surface area (Å²) in [7, 11) is 0. The normalized spacial score (nSPS) is 12.9. The molecule has 2 aromatic rings. The second-order valence-corrected chi connectivity index (χ2v) is 4.89. The van der Waals surface area contributed by atoms with Crippen molar-refractivity contribution in [1.29, 1.82) is 0 Å². The Hall–Kier alpha value is -1.42. The third kappa shape index (κ3) is 2.47. The van der Waals surface area contributed by atoms with Gasteiger partial charge in [-0.1, -0.05) is 44.2 Å². The van der Waals surface area contributed by atoms with Gasteiger partial charge in [0.25, 0.3) is 0 Å². The second-order valence-electron chi connectivity index (χ2n) is 4.37. The van der Waals surface area contributed by atoms with Crippen LogP contribution in [0, 0.1) is 0 Å². The Bertz CT molecular complexity index is 542. The number of thiol groups is 1. The Morgan fingerprint density at radius 1 is 1.06 bits per heavy atom. The molecular formula is C13H16N2OS. The van der Waals surface area contributed by atoms with Gasteiger partial charge in [-0.3, -0.25) is 0 Å². The number of hydrogen-bond acceptors (Lipinski definition) is 2. The summed E-state index contributed by atoms with van der Waals surface area (Å²) in [6, 6.07) is 9.92. The molecule has 1 aromatic heterocycles. The number of nitrogens with one attached hydrogen (secondary N) is 2. The van der Waals surface area contributed by atoms with Crippen LogP contribution in [0.15, 0.2) is 35.1 Å². The number of H-pyrrole nitrogens is 2. The van der Waals surface area contributed by atoms with Gasteiger partial charge in [0.15, 0.2) is 0 Å². The highest BCUT2D eigenvalue weighted by Gasteiger charge is 2.18. The maximum Gasteiger partial charge on any atom is 0.323 e. The molecule has 1 atom stereocenters. The van der Waals surface area contributed by atoms with Crippen molar-refractivity contribution in [1.82, 2.24) is 9.97 Å². The van der Waals surface area contributed by atoms with Crippen LogP contribution in [0.3, 0.4) is 0 Å². The molecule has 3 nitrogen and oxygen atoms in total. The van der Waals surface area contributed by atoms with Crippen molar-refractivity contribution in [2.45, 2.75) is 25.0 Å². The molecule has 4 heteroatoms. The molecular weight excluding hydrogens is 232 g/mol. The van der Waals surface area contributed by atoms with Crippen molar-refractivity contribution >= 4 is 12.6 Å². The standard InChI is InChI=1S/C13H16N2OS/c1-8(2)10-11(15-13(16)14-10)12(17)9-6-4-3-5-7-9/h3-8,12,17H,1-2H3,(H2,14,15,16). The lowest BCUT2D eigenvalue weighted by molar-refractivity contribution is 0.811. The van der Waals surface area contributed by atoms with Crippen LogP contribution in [0.25, 0.3) is 0 Å². The number of aromatic nitrogens is 2. The van der Waals surface area contributed by atoms with Gasteiger partial charge in [-0.2, -0.15) is 12.6 Å². The summed E-state index contributed by atoms with van der Waals surface area (Å²) >= 11 is 4.60. The first-order valence-electron chi connectivity index (χ1n) is 5.64. The maximum atomic E-state index is 11.4. The van der Waals surface area contributed by atoms with E-state index in [1.807, 2.05) is 44.2 Å². The highest BCUT2D eigenvalue weighted by Crippen LogP contribution is 2.30. The predicted molar refractivity (Wildman–Crippen MR) is 72.8 cm³/mol. The van der Waals surface area contributed by atoms with Crippen LogP contribution in [0.5, 0.6) is 0 Å². The molecule has 0 fully saturated rings. The Labute approximate surface area is 106 Å². The number of aromatic amines is 2. The molecule has 2 rings (SSSR count). The van der Waals surface area contributed by atoms with E-state index >= 15 is 0 Å². The van der Waals surface area contributed by atoms with Crippen LogP contribution in [0.2, 0.25) is 0 Å². The molecule has 0 amide bonds. The fraction of sp³-hybridized carbons (Fsp3) is 0.308. The Morgan fingerprint density at radius 2 is 1.65 bits per heavy atom. The molecule has 0 spiro atoms. The molecule has 0 saturated heterocycles. The summed E-state index contributed by atoms with van der Waals surface area (Å²) in [6.07, 6.45) is 0. The van der Waals surface area contributed by atoms with E-state index in [1.54, 1.807) is 0 Å². The summed E-state index contributed by atoms with van der Waals surface area (Å²) in [4.78, 5) is 17.1. The summed E-state index contributed by atoms with van der Waals surface area (Å²) in [5.74, 6) is 0.266. The largest absolute Gasteiger partial charge is 0.323 e. The Kier molecular flexibility index (Phi) is 3.43. The van der Waals surface area contributed by atoms with E-state index in [4.69, 9.17) is 0 Å². The molecule has 0 saturated carbocycles. The average Bonchev–Trinajstić information content (AvgIpc) is 2.72. The van der Waals surface area contributed by atoms with E-state index < -0.39 is 0 Å². The van der Waals surface area contributed by atoms with E-state index in [9.17, 15) is 4.79 Å². The van der Waals surface area contributed by atoms with Crippen molar-refractivity contribution < 1.29 is 0 Å². The summed E-state index contributed by atoms with van der Waals surface area (Å²) in [5.41, 5.74) is 2.70. The molecule has 0 radical (unpaired) electrons. The van der Waals surface area contributed by atoms with Crippen molar-refractivity contribution in [2.24, 2.45) is 0 Å². The Balaban J connectivity index is 2.44. The van der Waals surface area contributed by atoms with Gasteiger partial charge in [0.1, 0.15) is 0 Å². The third-order valence-electron chi connectivity index (χ3n) is 2.75. The smallest absolute Gasteiger partial charge is 0.309 e. The van der Waals surface area contributed by atoms with Crippen molar-refractivity contribution in [2.75, 3.05) is 0 Å². The first kappa shape index (κ1) is 12.0. The monoisotopic (exact) mass is 248 g/mol. The molecule has 0 aliphatic carbocycles. The van der Waals surface area contributed by atoms with Crippen LogP contribution in [-0.4, -0.2) is 9.97 Å². The van der Waals surface area contributed by atoms with Gasteiger partial charge >= 0.3 is 5.69 Å². The quantitative estimate of drug-likeness (QED) is 0.719. The van der Waals surface area contributed by atoms with Gasteiger partial charge in [-0.25, -0.2) is 4.79 Å². The minimum Gasteiger partial charge on any atom is -0.309 e. The molecule has 1 heterocycles. The van der Waals surface area contributed by atoms with Crippen molar-refractivity contribution in [3.63, 3.8) is 0 Å². The molecule has 0 aliphatic rings. The van der Waals surface area contributed by atoms with Gasteiger partial charge in [0.2, 0.25) is 0 Å². The van der Waals surface area contributed by atoms with Crippen LogP contribution < -0.4 is 5.69 Å². The van der Waals surface area contributed by atoms with E-state index in [1.165, 1.54) is 0 Å². The zero-order chi connectivity index (χ0) is 12.4.